The van der Waals surface area contributed by atoms with Crippen LogP contribution in [0.4, 0.5) is 20.2 Å². The molecule has 1 N–H and O–H groups in total. The molecule has 138 valence electrons. The minimum atomic E-state index is -2.61. The van der Waals surface area contributed by atoms with E-state index in [1.165, 1.54) is 24.9 Å². The molecule has 7 nitrogen and oxygen atoms in total. The molecule has 0 aliphatic carbocycles. The highest BCUT2D eigenvalue weighted by Crippen LogP contribution is 2.37. The zero-order valence-corrected chi connectivity index (χ0v) is 14.5. The lowest BCUT2D eigenvalue weighted by Gasteiger charge is -2.29. The molecule has 1 aliphatic rings. The maximum Gasteiger partial charge on any atom is 0.360 e. The molecule has 0 radical (unpaired) electrons. The van der Waals surface area contributed by atoms with Crippen LogP contribution in [0.5, 0.6) is 0 Å². The van der Waals surface area contributed by atoms with E-state index in [0.29, 0.717) is 17.1 Å². The lowest BCUT2D eigenvalue weighted by molar-refractivity contribution is -0.116. The van der Waals surface area contributed by atoms with E-state index in [9.17, 15) is 18.4 Å². The van der Waals surface area contributed by atoms with Gasteiger partial charge in [0.15, 0.2) is 11.5 Å². The molecule has 0 atom stereocenters. The minimum absolute atomic E-state index is 0.0554. The molecule has 3 rings (SSSR count). The largest absolute Gasteiger partial charge is 0.464 e. The Kier molecular flexibility index (Phi) is 5.40. The molecule has 2 heterocycles. The number of anilines is 2. The first-order valence-corrected chi connectivity index (χ1v) is 8.59. The van der Waals surface area contributed by atoms with Crippen LogP contribution < -0.4 is 10.2 Å². The second-order valence-corrected chi connectivity index (χ2v) is 6.41. The van der Waals surface area contributed by atoms with Crippen molar-refractivity contribution in [3.8, 4) is 0 Å². The van der Waals surface area contributed by atoms with Crippen molar-refractivity contribution in [1.82, 2.24) is 5.16 Å². The number of nitrogens with zero attached hydrogens (tertiary/aromatic N) is 2. The lowest BCUT2D eigenvalue weighted by Crippen LogP contribution is -2.38. The maximum atomic E-state index is 12.8. The van der Waals surface area contributed by atoms with Gasteiger partial charge in [-0.15, -0.1) is 11.8 Å². The number of aromatic nitrogens is 1. The number of methoxy groups -OCH3 is 1. The standard InChI is InChI=1S/C16H15F2N3O4S/c1-24-16(23)11-5-10(25-20-11)6-19-9-2-3-13-12(4-9)21(7-14(17)18)15(22)8-26-13/h2-5,14,19H,6-8H2,1H3. The monoisotopic (exact) mass is 383 g/mol. The van der Waals surface area contributed by atoms with Crippen molar-refractivity contribution in [2.75, 3.05) is 29.6 Å². The van der Waals surface area contributed by atoms with Gasteiger partial charge in [-0.3, -0.25) is 4.79 Å². The molecule has 0 unspecified atom stereocenters. The summed E-state index contributed by atoms with van der Waals surface area (Å²) in [6.07, 6.45) is -2.61. The van der Waals surface area contributed by atoms with Gasteiger partial charge in [0.25, 0.3) is 6.43 Å². The summed E-state index contributed by atoms with van der Waals surface area (Å²) in [5.74, 6) is -0.413. The van der Waals surface area contributed by atoms with Crippen LogP contribution in [0.15, 0.2) is 33.7 Å². The van der Waals surface area contributed by atoms with Gasteiger partial charge in [0.2, 0.25) is 5.91 Å². The fraction of sp³-hybridized carbons (Fsp3) is 0.312. The summed E-state index contributed by atoms with van der Waals surface area (Å²) in [5, 5.41) is 6.64. The van der Waals surface area contributed by atoms with Crippen LogP contribution in [0.2, 0.25) is 0 Å². The van der Waals surface area contributed by atoms with Crippen molar-refractivity contribution in [2.45, 2.75) is 17.9 Å². The van der Waals surface area contributed by atoms with Crippen molar-refractivity contribution in [3.63, 3.8) is 0 Å². The van der Waals surface area contributed by atoms with E-state index in [2.05, 4.69) is 15.2 Å². The van der Waals surface area contributed by atoms with E-state index in [4.69, 9.17) is 4.52 Å². The molecule has 0 fully saturated rings. The number of fused-ring (bicyclic) bond motifs is 1. The maximum absolute atomic E-state index is 12.8. The number of thioether (sulfide) groups is 1. The lowest BCUT2D eigenvalue weighted by atomic mass is 10.2. The predicted octanol–water partition coefficient (Wildman–Crippen LogP) is 2.78. The number of nitrogens with one attached hydrogen (secondary N) is 1. The molecule has 1 amide bonds. The fourth-order valence-electron chi connectivity index (χ4n) is 2.44. The number of amides is 1. The smallest absolute Gasteiger partial charge is 0.360 e. The molecule has 0 saturated carbocycles. The predicted molar refractivity (Wildman–Crippen MR) is 90.7 cm³/mol. The van der Waals surface area contributed by atoms with Gasteiger partial charge in [-0.2, -0.15) is 0 Å². The molecule has 0 bridgehead atoms. The summed E-state index contributed by atoms with van der Waals surface area (Å²) < 4.78 is 35.1. The molecule has 1 aromatic heterocycles. The Labute approximate surface area is 151 Å². The Morgan fingerprint density at radius 3 is 3.00 bits per heavy atom. The van der Waals surface area contributed by atoms with E-state index in [1.807, 2.05) is 0 Å². The van der Waals surface area contributed by atoms with Crippen molar-refractivity contribution >= 4 is 35.0 Å². The topological polar surface area (TPSA) is 84.7 Å². The second kappa shape index (κ2) is 7.73. The van der Waals surface area contributed by atoms with Crippen LogP contribution in [-0.4, -0.2) is 42.9 Å². The van der Waals surface area contributed by atoms with Crippen LogP contribution in [0.25, 0.3) is 0 Å². The number of esters is 1. The van der Waals surface area contributed by atoms with Gasteiger partial charge in [0.1, 0.15) is 0 Å². The van der Waals surface area contributed by atoms with Gasteiger partial charge in [0.05, 0.1) is 31.6 Å². The van der Waals surface area contributed by atoms with E-state index >= 15 is 0 Å². The van der Waals surface area contributed by atoms with Gasteiger partial charge in [-0.05, 0) is 18.2 Å². The molecule has 10 heteroatoms. The van der Waals surface area contributed by atoms with Gasteiger partial charge in [0, 0.05) is 16.6 Å². The third-order valence-electron chi connectivity index (χ3n) is 3.64. The minimum Gasteiger partial charge on any atom is -0.464 e. The zero-order valence-electron chi connectivity index (χ0n) is 13.7. The number of halogens is 2. The number of ether oxygens (including phenoxy) is 1. The average molecular weight is 383 g/mol. The van der Waals surface area contributed by atoms with Crippen molar-refractivity contribution < 1.29 is 27.6 Å². The van der Waals surface area contributed by atoms with E-state index in [0.717, 1.165) is 9.80 Å². The first-order valence-electron chi connectivity index (χ1n) is 7.61. The molecule has 0 spiro atoms. The van der Waals surface area contributed by atoms with Gasteiger partial charge >= 0.3 is 5.97 Å². The number of benzene rings is 1. The highest BCUT2D eigenvalue weighted by Gasteiger charge is 2.27. The Morgan fingerprint density at radius 1 is 1.46 bits per heavy atom. The van der Waals surface area contributed by atoms with Gasteiger partial charge in [-0.25, -0.2) is 13.6 Å². The van der Waals surface area contributed by atoms with Crippen LogP contribution in [-0.2, 0) is 16.1 Å². The number of hydrogen-bond acceptors (Lipinski definition) is 7. The van der Waals surface area contributed by atoms with Crippen LogP contribution in [0.3, 0.4) is 0 Å². The van der Waals surface area contributed by atoms with Crippen LogP contribution >= 0.6 is 11.8 Å². The second-order valence-electron chi connectivity index (χ2n) is 5.39. The van der Waals surface area contributed by atoms with E-state index in [1.54, 1.807) is 18.2 Å². The highest BCUT2D eigenvalue weighted by molar-refractivity contribution is 8.00. The average Bonchev–Trinajstić information content (AvgIpc) is 3.10. The fourth-order valence-corrected chi connectivity index (χ4v) is 3.35. The molecule has 26 heavy (non-hydrogen) atoms. The molecule has 2 aromatic rings. The molecule has 1 aliphatic heterocycles. The molecule has 0 saturated heterocycles. The highest BCUT2D eigenvalue weighted by atomic mass is 32.2. The Bertz CT molecular complexity index is 828. The quantitative estimate of drug-likeness (QED) is 0.768. The van der Waals surface area contributed by atoms with Crippen molar-refractivity contribution in [2.24, 2.45) is 0 Å². The van der Waals surface area contributed by atoms with Crippen LogP contribution in [0, 0.1) is 0 Å². The van der Waals surface area contributed by atoms with E-state index in [-0.39, 0.29) is 23.9 Å². The van der Waals surface area contributed by atoms with Gasteiger partial charge in [-0.1, -0.05) is 5.16 Å². The molecular formula is C16H15F2N3O4S. The third kappa shape index (κ3) is 3.96. The Balaban J connectivity index is 1.73. The van der Waals surface area contributed by atoms with Crippen molar-refractivity contribution in [3.05, 3.63) is 35.7 Å². The Hall–Kier alpha value is -2.62. The summed E-state index contributed by atoms with van der Waals surface area (Å²) in [4.78, 5) is 25.2. The summed E-state index contributed by atoms with van der Waals surface area (Å²) in [7, 11) is 1.24. The number of alkyl halides is 2. The van der Waals surface area contributed by atoms with E-state index < -0.39 is 18.9 Å². The molecular weight excluding hydrogens is 368 g/mol. The number of hydrogen-bond donors (Lipinski definition) is 1. The summed E-state index contributed by atoms with van der Waals surface area (Å²) in [5.41, 5.74) is 1.12. The van der Waals surface area contributed by atoms with Crippen molar-refractivity contribution in [1.29, 1.82) is 0 Å². The third-order valence-corrected chi connectivity index (χ3v) is 4.69. The summed E-state index contributed by atoms with van der Waals surface area (Å²) >= 11 is 1.32. The SMILES string of the molecule is COC(=O)c1cc(CNc2ccc3c(c2)N(CC(F)F)C(=O)CS3)on1. The van der Waals surface area contributed by atoms with Gasteiger partial charge < -0.3 is 19.5 Å². The van der Waals surface area contributed by atoms with Crippen LogP contribution in [0.1, 0.15) is 16.2 Å². The summed E-state index contributed by atoms with van der Waals surface area (Å²) in [6, 6.07) is 6.63. The number of carbonyl (C=O) groups excluding carboxylic acids is 2. The molecule has 1 aromatic carbocycles. The number of carbonyl (C=O) groups is 2. The first kappa shape index (κ1) is 18.2. The summed E-state index contributed by atoms with van der Waals surface area (Å²) in [6.45, 7) is -0.418. The zero-order chi connectivity index (χ0) is 18.7. The first-order chi connectivity index (χ1) is 12.5. The normalized spacial score (nSPS) is 13.7. The number of rotatable bonds is 6. The Morgan fingerprint density at radius 2 is 2.27 bits per heavy atom.